The maximum absolute atomic E-state index is 11.7. The highest BCUT2D eigenvalue weighted by Crippen LogP contribution is 2.09. The standard InChI is InChI=1S/C12H16N2O3/c15-11-3-1-9(2-4-11)12(16)14-7-10-8-17-6-5-13-10/h1-4,10,13,15H,5-8H2,(H,14,16). The summed E-state index contributed by atoms with van der Waals surface area (Å²) in [7, 11) is 0. The maximum Gasteiger partial charge on any atom is 0.251 e. The van der Waals surface area contributed by atoms with Gasteiger partial charge in [0.1, 0.15) is 5.75 Å². The molecule has 1 aromatic carbocycles. The summed E-state index contributed by atoms with van der Waals surface area (Å²) >= 11 is 0. The number of amides is 1. The molecular formula is C12H16N2O3. The zero-order valence-electron chi connectivity index (χ0n) is 9.48. The Morgan fingerprint density at radius 1 is 1.47 bits per heavy atom. The molecule has 1 unspecified atom stereocenters. The monoisotopic (exact) mass is 236 g/mol. The van der Waals surface area contributed by atoms with E-state index in [1.54, 1.807) is 12.1 Å². The van der Waals surface area contributed by atoms with E-state index in [0.717, 1.165) is 13.2 Å². The Labute approximate surface area is 99.8 Å². The zero-order valence-corrected chi connectivity index (χ0v) is 9.48. The van der Waals surface area contributed by atoms with E-state index in [-0.39, 0.29) is 17.7 Å². The van der Waals surface area contributed by atoms with Crippen molar-refractivity contribution in [3.8, 4) is 5.75 Å². The summed E-state index contributed by atoms with van der Waals surface area (Å²) < 4.78 is 5.29. The molecule has 3 N–H and O–H groups in total. The van der Waals surface area contributed by atoms with E-state index in [9.17, 15) is 4.79 Å². The van der Waals surface area contributed by atoms with Crippen molar-refractivity contribution in [2.75, 3.05) is 26.3 Å². The second-order valence-electron chi connectivity index (χ2n) is 3.98. The zero-order chi connectivity index (χ0) is 12.1. The first kappa shape index (κ1) is 11.9. The van der Waals surface area contributed by atoms with Crippen LogP contribution in [0.2, 0.25) is 0 Å². The molecule has 0 radical (unpaired) electrons. The summed E-state index contributed by atoms with van der Waals surface area (Å²) in [5, 5.41) is 15.2. The Kier molecular flexibility index (Phi) is 3.95. The third kappa shape index (κ3) is 3.44. The van der Waals surface area contributed by atoms with Gasteiger partial charge in [-0.2, -0.15) is 0 Å². The first-order chi connectivity index (χ1) is 8.25. The number of benzene rings is 1. The number of phenolic OH excluding ortho intramolecular Hbond substituents is 1. The van der Waals surface area contributed by atoms with E-state index in [4.69, 9.17) is 9.84 Å². The quantitative estimate of drug-likeness (QED) is 0.696. The van der Waals surface area contributed by atoms with Gasteiger partial charge in [-0.25, -0.2) is 0 Å². The van der Waals surface area contributed by atoms with Crippen LogP contribution in [-0.4, -0.2) is 43.4 Å². The van der Waals surface area contributed by atoms with Crippen LogP contribution in [-0.2, 0) is 4.74 Å². The van der Waals surface area contributed by atoms with Crippen LogP contribution < -0.4 is 10.6 Å². The van der Waals surface area contributed by atoms with Crippen LogP contribution in [0.3, 0.4) is 0 Å². The number of carbonyl (C=O) groups excluding carboxylic acids is 1. The van der Waals surface area contributed by atoms with E-state index in [1.165, 1.54) is 12.1 Å². The fourth-order valence-electron chi connectivity index (χ4n) is 1.68. The molecular weight excluding hydrogens is 220 g/mol. The second-order valence-corrected chi connectivity index (χ2v) is 3.98. The first-order valence-electron chi connectivity index (χ1n) is 5.64. The molecule has 1 aliphatic rings. The minimum atomic E-state index is -0.141. The number of nitrogens with one attached hydrogen (secondary N) is 2. The summed E-state index contributed by atoms with van der Waals surface area (Å²) in [6.07, 6.45) is 0. The summed E-state index contributed by atoms with van der Waals surface area (Å²) in [4.78, 5) is 11.7. The van der Waals surface area contributed by atoms with Crippen LogP contribution in [0, 0.1) is 0 Å². The van der Waals surface area contributed by atoms with Crippen LogP contribution in [0.1, 0.15) is 10.4 Å². The lowest BCUT2D eigenvalue weighted by Gasteiger charge is -2.23. The van der Waals surface area contributed by atoms with Crippen LogP contribution in [0.25, 0.3) is 0 Å². The minimum Gasteiger partial charge on any atom is -0.508 e. The largest absolute Gasteiger partial charge is 0.508 e. The topological polar surface area (TPSA) is 70.6 Å². The Hall–Kier alpha value is -1.59. The highest BCUT2D eigenvalue weighted by molar-refractivity contribution is 5.94. The van der Waals surface area contributed by atoms with Crippen molar-refractivity contribution in [2.24, 2.45) is 0 Å². The molecule has 1 aromatic rings. The third-order valence-corrected chi connectivity index (χ3v) is 2.64. The molecule has 1 atom stereocenters. The molecule has 1 saturated heterocycles. The fourth-order valence-corrected chi connectivity index (χ4v) is 1.68. The average molecular weight is 236 g/mol. The van der Waals surface area contributed by atoms with Crippen LogP contribution in [0.15, 0.2) is 24.3 Å². The number of morpholine rings is 1. The van der Waals surface area contributed by atoms with Crippen molar-refractivity contribution in [1.82, 2.24) is 10.6 Å². The fraction of sp³-hybridized carbons (Fsp3) is 0.417. The van der Waals surface area contributed by atoms with Gasteiger partial charge in [-0.3, -0.25) is 4.79 Å². The van der Waals surface area contributed by atoms with Gasteiger partial charge >= 0.3 is 0 Å². The highest BCUT2D eigenvalue weighted by atomic mass is 16.5. The third-order valence-electron chi connectivity index (χ3n) is 2.64. The maximum atomic E-state index is 11.7. The summed E-state index contributed by atoms with van der Waals surface area (Å²) in [6.45, 7) is 2.71. The Morgan fingerprint density at radius 3 is 2.88 bits per heavy atom. The van der Waals surface area contributed by atoms with Crippen molar-refractivity contribution in [2.45, 2.75) is 6.04 Å². The number of carbonyl (C=O) groups is 1. The molecule has 0 aliphatic carbocycles. The van der Waals surface area contributed by atoms with Gasteiger partial charge in [-0.1, -0.05) is 0 Å². The van der Waals surface area contributed by atoms with Crippen molar-refractivity contribution in [3.63, 3.8) is 0 Å². The Balaban J connectivity index is 1.82. The molecule has 0 saturated carbocycles. The molecule has 17 heavy (non-hydrogen) atoms. The van der Waals surface area contributed by atoms with Crippen molar-refractivity contribution in [3.05, 3.63) is 29.8 Å². The van der Waals surface area contributed by atoms with E-state index < -0.39 is 0 Å². The summed E-state index contributed by atoms with van der Waals surface area (Å²) in [5.74, 6) is 0.0151. The molecule has 0 aromatic heterocycles. The smallest absolute Gasteiger partial charge is 0.251 e. The molecule has 92 valence electrons. The minimum absolute atomic E-state index is 0.141. The van der Waals surface area contributed by atoms with Crippen LogP contribution >= 0.6 is 0 Å². The Morgan fingerprint density at radius 2 is 2.24 bits per heavy atom. The van der Waals surface area contributed by atoms with E-state index in [0.29, 0.717) is 18.7 Å². The van der Waals surface area contributed by atoms with Gasteiger partial charge in [-0.05, 0) is 24.3 Å². The Bertz CT molecular complexity index is 372. The molecule has 5 heteroatoms. The van der Waals surface area contributed by atoms with Crippen molar-refractivity contribution >= 4 is 5.91 Å². The van der Waals surface area contributed by atoms with Crippen molar-refractivity contribution in [1.29, 1.82) is 0 Å². The predicted molar refractivity (Wildman–Crippen MR) is 63.0 cm³/mol. The van der Waals surface area contributed by atoms with E-state index in [1.807, 2.05) is 0 Å². The van der Waals surface area contributed by atoms with Crippen LogP contribution in [0.4, 0.5) is 0 Å². The summed E-state index contributed by atoms with van der Waals surface area (Å²) in [6, 6.07) is 6.35. The van der Waals surface area contributed by atoms with Crippen LogP contribution in [0.5, 0.6) is 5.75 Å². The molecule has 0 bridgehead atoms. The van der Waals surface area contributed by atoms with Gasteiger partial charge in [0.05, 0.1) is 13.2 Å². The number of hydrogen-bond acceptors (Lipinski definition) is 4. The SMILES string of the molecule is O=C(NCC1COCCN1)c1ccc(O)cc1. The molecule has 1 amide bonds. The molecule has 2 rings (SSSR count). The predicted octanol–water partition coefficient (Wildman–Crippen LogP) is 0.110. The average Bonchev–Trinajstić information content (AvgIpc) is 2.38. The number of ether oxygens (including phenoxy) is 1. The lowest BCUT2D eigenvalue weighted by Crippen LogP contribution is -2.48. The highest BCUT2D eigenvalue weighted by Gasteiger charge is 2.14. The lowest BCUT2D eigenvalue weighted by atomic mass is 10.2. The van der Waals surface area contributed by atoms with Crippen molar-refractivity contribution < 1.29 is 14.6 Å². The number of rotatable bonds is 3. The van der Waals surface area contributed by atoms with Gasteiger partial charge in [0, 0.05) is 24.7 Å². The molecule has 1 aliphatic heterocycles. The van der Waals surface area contributed by atoms with E-state index >= 15 is 0 Å². The molecule has 0 spiro atoms. The molecule has 1 fully saturated rings. The summed E-state index contributed by atoms with van der Waals surface area (Å²) in [5.41, 5.74) is 0.541. The van der Waals surface area contributed by atoms with E-state index in [2.05, 4.69) is 10.6 Å². The van der Waals surface area contributed by atoms with Gasteiger partial charge in [0.15, 0.2) is 0 Å². The van der Waals surface area contributed by atoms with Gasteiger partial charge in [-0.15, -0.1) is 0 Å². The number of phenols is 1. The molecule has 5 nitrogen and oxygen atoms in total. The second kappa shape index (κ2) is 5.65. The number of hydrogen-bond donors (Lipinski definition) is 3. The molecule has 1 heterocycles. The first-order valence-corrected chi connectivity index (χ1v) is 5.64. The van der Waals surface area contributed by atoms with Gasteiger partial charge < -0.3 is 20.5 Å². The normalized spacial score (nSPS) is 19.9. The van der Waals surface area contributed by atoms with Gasteiger partial charge in [0.25, 0.3) is 5.91 Å². The van der Waals surface area contributed by atoms with Gasteiger partial charge in [0.2, 0.25) is 0 Å². The number of aromatic hydroxyl groups is 1. The lowest BCUT2D eigenvalue weighted by molar-refractivity contribution is 0.0734.